The maximum atomic E-state index is 10.5. The van der Waals surface area contributed by atoms with Crippen LogP contribution in [0.2, 0.25) is 0 Å². The number of benzene rings is 2. The molecule has 0 aromatic heterocycles. The van der Waals surface area contributed by atoms with E-state index >= 15 is 0 Å². The summed E-state index contributed by atoms with van der Waals surface area (Å²) in [5.74, 6) is -6.82. The van der Waals surface area contributed by atoms with E-state index in [4.69, 9.17) is 25.5 Å². The first-order chi connectivity index (χ1) is 12.1. The van der Waals surface area contributed by atoms with E-state index in [0.717, 1.165) is 12.1 Å². The zero-order valence-electron chi connectivity index (χ0n) is 12.8. The van der Waals surface area contributed by atoms with Gasteiger partial charge in [0.25, 0.3) is 0 Å². The first kappa shape index (κ1) is 20.0. The Labute approximate surface area is 144 Å². The number of carboxylic acid groups (broad SMARTS) is 4. The molecule has 26 heavy (non-hydrogen) atoms. The van der Waals surface area contributed by atoms with Gasteiger partial charge in [0, 0.05) is 0 Å². The topological polar surface area (TPSA) is 190 Å². The average Bonchev–Trinajstić information content (AvgIpc) is 2.54. The average molecular weight is 364 g/mol. The molecule has 0 unspecified atom stereocenters. The molecule has 0 bridgehead atoms. The van der Waals surface area contributed by atoms with E-state index in [1.54, 1.807) is 0 Å². The van der Waals surface area contributed by atoms with Crippen molar-refractivity contribution in [2.45, 2.75) is 0 Å². The van der Waals surface area contributed by atoms with Crippen molar-refractivity contribution in [3.8, 4) is 11.5 Å². The van der Waals surface area contributed by atoms with Gasteiger partial charge in [-0.3, -0.25) is 0 Å². The number of hydrogen-bond acceptors (Lipinski definition) is 6. The standard InChI is InChI=1S/C8H6O6.C8H6O4/c9-4-2-1-3(7(11)12)6(10)5(4)8(13)14;9-7(10)5-1-2-6(4-3-5)8(11)12/h1-2,9-10H,(H,11,12)(H,13,14);1-4H,(H,9,10)(H,11,12). The number of phenols is 2. The van der Waals surface area contributed by atoms with Crippen LogP contribution in [0.15, 0.2) is 36.4 Å². The van der Waals surface area contributed by atoms with Gasteiger partial charge in [-0.05, 0) is 36.4 Å². The molecule has 0 amide bonds. The lowest BCUT2D eigenvalue weighted by molar-refractivity contribution is 0.0675. The van der Waals surface area contributed by atoms with Crippen molar-refractivity contribution in [2.75, 3.05) is 0 Å². The summed E-state index contributed by atoms with van der Waals surface area (Å²) in [6, 6.07) is 6.83. The van der Waals surface area contributed by atoms with Crippen LogP contribution in [0.4, 0.5) is 0 Å². The third-order valence-corrected chi connectivity index (χ3v) is 2.98. The largest absolute Gasteiger partial charge is 0.507 e. The SMILES string of the molecule is O=C(O)c1ccc(C(=O)O)cc1.O=C(O)c1ccc(O)c(C(=O)O)c1O. The fourth-order valence-corrected chi connectivity index (χ4v) is 1.72. The molecule has 0 saturated carbocycles. The highest BCUT2D eigenvalue weighted by Crippen LogP contribution is 2.30. The number of carbonyl (C=O) groups is 4. The Kier molecular flexibility index (Phi) is 6.26. The zero-order chi connectivity index (χ0) is 20.0. The van der Waals surface area contributed by atoms with Gasteiger partial charge in [0.2, 0.25) is 0 Å². The van der Waals surface area contributed by atoms with Crippen molar-refractivity contribution in [1.29, 1.82) is 0 Å². The predicted octanol–water partition coefficient (Wildman–Crippen LogP) is 1.58. The first-order valence-corrected chi connectivity index (χ1v) is 6.64. The lowest BCUT2D eigenvalue weighted by atomic mass is 10.1. The molecule has 0 aliphatic carbocycles. The van der Waals surface area contributed by atoms with Crippen LogP contribution in [0, 0.1) is 0 Å². The van der Waals surface area contributed by atoms with E-state index in [1.165, 1.54) is 24.3 Å². The van der Waals surface area contributed by atoms with E-state index in [9.17, 15) is 24.3 Å². The predicted molar refractivity (Wildman–Crippen MR) is 84.1 cm³/mol. The van der Waals surface area contributed by atoms with Crippen LogP contribution in [-0.4, -0.2) is 54.5 Å². The molecule has 10 nitrogen and oxygen atoms in total. The molecule has 136 valence electrons. The monoisotopic (exact) mass is 364 g/mol. The van der Waals surface area contributed by atoms with E-state index in [2.05, 4.69) is 0 Å². The molecule has 0 aliphatic heterocycles. The van der Waals surface area contributed by atoms with Crippen molar-refractivity contribution in [1.82, 2.24) is 0 Å². The Bertz CT molecular complexity index is 834. The summed E-state index contributed by atoms with van der Waals surface area (Å²) in [5.41, 5.74) is -1.22. The minimum Gasteiger partial charge on any atom is -0.507 e. The van der Waals surface area contributed by atoms with Crippen LogP contribution in [0.25, 0.3) is 0 Å². The summed E-state index contributed by atoms with van der Waals surface area (Å²) >= 11 is 0. The van der Waals surface area contributed by atoms with E-state index in [0.29, 0.717) is 0 Å². The third kappa shape index (κ3) is 4.71. The molecule has 0 aliphatic rings. The summed E-state index contributed by atoms with van der Waals surface area (Å²) < 4.78 is 0. The van der Waals surface area contributed by atoms with E-state index in [-0.39, 0.29) is 11.1 Å². The van der Waals surface area contributed by atoms with Gasteiger partial charge in [0.15, 0.2) is 0 Å². The van der Waals surface area contributed by atoms with Gasteiger partial charge in [-0.2, -0.15) is 0 Å². The molecule has 6 N–H and O–H groups in total. The van der Waals surface area contributed by atoms with Gasteiger partial charge in [-0.1, -0.05) is 0 Å². The Morgan fingerprint density at radius 2 is 1.00 bits per heavy atom. The normalized spacial score (nSPS) is 9.54. The summed E-state index contributed by atoms with van der Waals surface area (Å²) in [5, 5.41) is 52.2. The molecule has 2 rings (SSSR count). The smallest absolute Gasteiger partial charge is 0.343 e. The fourth-order valence-electron chi connectivity index (χ4n) is 1.72. The second-order valence-corrected chi connectivity index (χ2v) is 4.65. The minimum absolute atomic E-state index is 0.0833. The molecule has 0 radical (unpaired) electrons. The van der Waals surface area contributed by atoms with Gasteiger partial charge >= 0.3 is 23.9 Å². The molecule has 2 aromatic carbocycles. The van der Waals surface area contributed by atoms with Crippen molar-refractivity contribution in [2.24, 2.45) is 0 Å². The molecular weight excluding hydrogens is 352 g/mol. The number of aromatic hydroxyl groups is 2. The Morgan fingerprint density at radius 1 is 0.577 bits per heavy atom. The zero-order valence-corrected chi connectivity index (χ0v) is 12.8. The minimum atomic E-state index is -1.59. The number of rotatable bonds is 4. The summed E-state index contributed by atoms with van der Waals surface area (Å²) in [4.78, 5) is 41.6. The molecule has 0 saturated heterocycles. The van der Waals surface area contributed by atoms with Crippen LogP contribution < -0.4 is 0 Å². The maximum absolute atomic E-state index is 10.5. The second-order valence-electron chi connectivity index (χ2n) is 4.65. The summed E-state index contributed by atoms with van der Waals surface area (Å²) in [6.07, 6.45) is 0. The second kappa shape index (κ2) is 8.15. The maximum Gasteiger partial charge on any atom is 0.343 e. The van der Waals surface area contributed by atoms with Gasteiger partial charge in [0.05, 0.1) is 11.1 Å². The highest BCUT2D eigenvalue weighted by Gasteiger charge is 2.21. The number of hydrogen-bond donors (Lipinski definition) is 6. The lowest BCUT2D eigenvalue weighted by Gasteiger charge is -2.04. The summed E-state index contributed by atoms with van der Waals surface area (Å²) in [7, 11) is 0. The third-order valence-electron chi connectivity index (χ3n) is 2.98. The van der Waals surface area contributed by atoms with E-state index < -0.39 is 46.5 Å². The highest BCUT2D eigenvalue weighted by molar-refractivity contribution is 6.00. The van der Waals surface area contributed by atoms with Crippen molar-refractivity contribution in [3.63, 3.8) is 0 Å². The molecule has 10 heteroatoms. The quantitative estimate of drug-likeness (QED) is 0.464. The Morgan fingerprint density at radius 3 is 1.31 bits per heavy atom. The fraction of sp³-hybridized carbons (Fsp3) is 0. The number of aromatic carboxylic acids is 4. The van der Waals surface area contributed by atoms with E-state index in [1.807, 2.05) is 0 Å². The first-order valence-electron chi connectivity index (χ1n) is 6.64. The van der Waals surface area contributed by atoms with Gasteiger partial charge in [-0.25, -0.2) is 19.2 Å². The van der Waals surface area contributed by atoms with Crippen LogP contribution in [-0.2, 0) is 0 Å². The Balaban J connectivity index is 0.000000263. The van der Waals surface area contributed by atoms with Crippen LogP contribution >= 0.6 is 0 Å². The van der Waals surface area contributed by atoms with Crippen LogP contribution in [0.1, 0.15) is 41.4 Å². The Hall–Kier alpha value is -4.08. The summed E-state index contributed by atoms with van der Waals surface area (Å²) in [6.45, 7) is 0. The number of carboxylic acids is 4. The molecule has 0 spiro atoms. The van der Waals surface area contributed by atoms with Crippen molar-refractivity contribution in [3.05, 3.63) is 58.7 Å². The van der Waals surface area contributed by atoms with Gasteiger partial charge < -0.3 is 30.6 Å². The molecule has 0 heterocycles. The molecule has 2 aromatic rings. The highest BCUT2D eigenvalue weighted by atomic mass is 16.4. The van der Waals surface area contributed by atoms with Crippen molar-refractivity contribution >= 4 is 23.9 Å². The van der Waals surface area contributed by atoms with Crippen LogP contribution in [0.5, 0.6) is 11.5 Å². The van der Waals surface area contributed by atoms with Gasteiger partial charge in [0.1, 0.15) is 22.6 Å². The molecule has 0 atom stereocenters. The lowest BCUT2D eigenvalue weighted by Crippen LogP contribution is -2.03. The molecular formula is C16H12O10. The van der Waals surface area contributed by atoms with Gasteiger partial charge in [-0.15, -0.1) is 0 Å². The molecule has 0 fully saturated rings. The van der Waals surface area contributed by atoms with Crippen LogP contribution in [0.3, 0.4) is 0 Å². The van der Waals surface area contributed by atoms with Crippen molar-refractivity contribution < 1.29 is 49.8 Å².